The van der Waals surface area contributed by atoms with Crippen molar-refractivity contribution in [3.8, 4) is 0 Å². The Hall–Kier alpha value is -0.870. The maximum Gasteiger partial charge on any atom is 0.0562 e. The van der Waals surface area contributed by atoms with Crippen LogP contribution in [0.2, 0.25) is 0 Å². The van der Waals surface area contributed by atoms with Gasteiger partial charge in [-0.15, -0.1) is 0 Å². The molecule has 0 aliphatic heterocycles. The predicted octanol–water partition coefficient (Wildman–Crippen LogP) is 4.85. The van der Waals surface area contributed by atoms with Gasteiger partial charge in [-0.25, -0.2) is 0 Å². The van der Waals surface area contributed by atoms with Gasteiger partial charge in [-0.1, -0.05) is 56.3 Å². The monoisotopic (exact) mass is 365 g/mol. The number of hydrogen-bond donors (Lipinski definition) is 1. The van der Waals surface area contributed by atoms with Crippen molar-refractivity contribution in [2.45, 2.75) is 32.2 Å². The molecule has 0 heterocycles. The van der Waals surface area contributed by atoms with Gasteiger partial charge in [-0.3, -0.25) is 0 Å². The average Bonchev–Trinajstić information content (AvgIpc) is 2.46. The van der Waals surface area contributed by atoms with Gasteiger partial charge in [0, 0.05) is 3.57 Å². The average molecular weight is 365 g/mol. The highest BCUT2D eigenvalue weighted by molar-refractivity contribution is 14.1. The summed E-state index contributed by atoms with van der Waals surface area (Å²) in [5, 5.41) is 0. The van der Waals surface area contributed by atoms with Gasteiger partial charge in [-0.05, 0) is 57.7 Å². The first-order valence-electron chi connectivity index (χ1n) is 6.73. The maximum atomic E-state index is 6.37. The molecule has 100 valence electrons. The molecule has 19 heavy (non-hydrogen) atoms. The van der Waals surface area contributed by atoms with Crippen LogP contribution >= 0.6 is 22.6 Å². The normalized spacial score (nSPS) is 14.1. The van der Waals surface area contributed by atoms with Crippen molar-refractivity contribution in [2.24, 2.45) is 5.73 Å². The molecule has 0 amide bonds. The number of nitrogens with two attached hydrogens (primary N) is 1. The molecular formula is C17H20IN. The lowest BCUT2D eigenvalue weighted by Gasteiger charge is -2.16. The van der Waals surface area contributed by atoms with Crippen LogP contribution in [-0.4, -0.2) is 0 Å². The summed E-state index contributed by atoms with van der Waals surface area (Å²) in [7, 11) is 0. The molecule has 0 saturated carbocycles. The van der Waals surface area contributed by atoms with Crippen molar-refractivity contribution in [1.29, 1.82) is 0 Å². The molecule has 1 nitrogen and oxygen atoms in total. The molecule has 2 heteroatoms. The topological polar surface area (TPSA) is 26.0 Å². The van der Waals surface area contributed by atoms with E-state index >= 15 is 0 Å². The van der Waals surface area contributed by atoms with Crippen LogP contribution in [0, 0.1) is 3.57 Å². The van der Waals surface area contributed by atoms with Gasteiger partial charge in [0.1, 0.15) is 0 Å². The second kappa shape index (κ2) is 6.53. The Bertz CT molecular complexity index is 533. The summed E-state index contributed by atoms with van der Waals surface area (Å²) in [6.07, 6.45) is 1.17. The molecule has 2 rings (SSSR count). The van der Waals surface area contributed by atoms with E-state index in [1.165, 1.54) is 26.7 Å². The van der Waals surface area contributed by atoms with Crippen LogP contribution in [0.3, 0.4) is 0 Å². The first-order valence-corrected chi connectivity index (χ1v) is 7.81. The Kier molecular flexibility index (Phi) is 4.99. The zero-order valence-corrected chi connectivity index (χ0v) is 13.6. The highest BCUT2D eigenvalue weighted by atomic mass is 127. The molecule has 0 radical (unpaired) electrons. The van der Waals surface area contributed by atoms with Gasteiger partial charge in [0.15, 0.2) is 0 Å². The fourth-order valence-electron chi connectivity index (χ4n) is 2.17. The molecule has 0 saturated heterocycles. The van der Waals surface area contributed by atoms with Crippen molar-refractivity contribution < 1.29 is 0 Å². The van der Waals surface area contributed by atoms with Crippen LogP contribution in [0.15, 0.2) is 48.5 Å². The van der Waals surface area contributed by atoms with Crippen molar-refractivity contribution in [3.05, 3.63) is 68.8 Å². The van der Waals surface area contributed by atoms with Gasteiger partial charge >= 0.3 is 0 Å². The largest absolute Gasteiger partial charge is 0.320 e. The molecule has 0 bridgehead atoms. The van der Waals surface area contributed by atoms with Crippen LogP contribution < -0.4 is 5.73 Å². The lowest BCUT2D eigenvalue weighted by Crippen LogP contribution is -2.13. The molecule has 2 aromatic rings. The van der Waals surface area contributed by atoms with Crippen LogP contribution in [0.25, 0.3) is 0 Å². The summed E-state index contributed by atoms with van der Waals surface area (Å²) in [4.78, 5) is 0. The minimum absolute atomic E-state index is 0.0425. The standard InChI is InChI=1S/C17H20IN/c1-3-12(2)13-8-10-14(11-9-13)17(19)15-6-4-5-7-16(15)18/h4-12,17H,3,19H2,1-2H3. The van der Waals surface area contributed by atoms with Crippen LogP contribution in [0.1, 0.15) is 48.9 Å². The highest BCUT2D eigenvalue weighted by Crippen LogP contribution is 2.26. The fraction of sp³-hybridized carbons (Fsp3) is 0.294. The van der Waals surface area contributed by atoms with Crippen LogP contribution in [-0.2, 0) is 0 Å². The molecule has 2 unspecified atom stereocenters. The Labute approximate surface area is 129 Å². The van der Waals surface area contributed by atoms with E-state index in [0.29, 0.717) is 5.92 Å². The number of hydrogen-bond acceptors (Lipinski definition) is 1. The summed E-state index contributed by atoms with van der Waals surface area (Å²) in [6.45, 7) is 4.48. The van der Waals surface area contributed by atoms with Crippen LogP contribution in [0.4, 0.5) is 0 Å². The molecule has 0 aromatic heterocycles. The van der Waals surface area contributed by atoms with Gasteiger partial charge in [0.2, 0.25) is 0 Å². The molecule has 2 N–H and O–H groups in total. The van der Waals surface area contributed by atoms with E-state index in [9.17, 15) is 0 Å². The first kappa shape index (κ1) is 14.5. The lowest BCUT2D eigenvalue weighted by molar-refractivity contribution is 0.732. The number of rotatable bonds is 4. The highest BCUT2D eigenvalue weighted by Gasteiger charge is 2.12. The minimum atomic E-state index is -0.0425. The zero-order valence-electron chi connectivity index (χ0n) is 11.4. The molecule has 0 aliphatic carbocycles. The first-order chi connectivity index (χ1) is 9.13. The summed E-state index contributed by atoms with van der Waals surface area (Å²) >= 11 is 2.35. The smallest absolute Gasteiger partial charge is 0.0562 e. The van der Waals surface area contributed by atoms with E-state index in [1.54, 1.807) is 0 Å². The Balaban J connectivity index is 2.25. The van der Waals surface area contributed by atoms with Crippen LogP contribution in [0.5, 0.6) is 0 Å². The third-order valence-corrected chi connectivity index (χ3v) is 4.70. The maximum absolute atomic E-state index is 6.37. The molecular weight excluding hydrogens is 345 g/mol. The molecule has 2 aromatic carbocycles. The minimum Gasteiger partial charge on any atom is -0.320 e. The van der Waals surface area contributed by atoms with E-state index in [4.69, 9.17) is 5.73 Å². The van der Waals surface area contributed by atoms with Crippen molar-refractivity contribution >= 4 is 22.6 Å². The van der Waals surface area contributed by atoms with E-state index in [1.807, 2.05) is 12.1 Å². The molecule has 0 spiro atoms. The Morgan fingerprint density at radius 1 is 1.00 bits per heavy atom. The SMILES string of the molecule is CCC(C)c1ccc(C(N)c2ccccc2I)cc1. The third kappa shape index (κ3) is 3.37. The Morgan fingerprint density at radius 3 is 2.16 bits per heavy atom. The second-order valence-electron chi connectivity index (χ2n) is 4.98. The van der Waals surface area contributed by atoms with Gasteiger partial charge in [0.25, 0.3) is 0 Å². The predicted molar refractivity (Wildman–Crippen MR) is 90.3 cm³/mol. The Morgan fingerprint density at radius 2 is 1.58 bits per heavy atom. The third-order valence-electron chi connectivity index (χ3n) is 3.72. The van der Waals surface area contributed by atoms with Crippen molar-refractivity contribution in [1.82, 2.24) is 0 Å². The van der Waals surface area contributed by atoms with Gasteiger partial charge in [0.05, 0.1) is 6.04 Å². The summed E-state index contributed by atoms with van der Waals surface area (Å²) in [5.41, 5.74) is 10.1. The molecule has 2 atom stereocenters. The molecule has 0 fully saturated rings. The van der Waals surface area contributed by atoms with E-state index in [0.717, 1.165) is 0 Å². The number of benzene rings is 2. The summed E-state index contributed by atoms with van der Waals surface area (Å²) in [5.74, 6) is 0.613. The van der Waals surface area contributed by atoms with Gasteiger partial charge in [-0.2, -0.15) is 0 Å². The fourth-order valence-corrected chi connectivity index (χ4v) is 2.90. The quantitative estimate of drug-likeness (QED) is 0.770. The summed E-state index contributed by atoms with van der Waals surface area (Å²) in [6, 6.07) is 17.0. The molecule has 0 aliphatic rings. The second-order valence-corrected chi connectivity index (χ2v) is 6.14. The van der Waals surface area contributed by atoms with Gasteiger partial charge < -0.3 is 5.73 Å². The van der Waals surface area contributed by atoms with E-state index in [-0.39, 0.29) is 6.04 Å². The number of halogens is 1. The van der Waals surface area contributed by atoms with Crippen molar-refractivity contribution in [2.75, 3.05) is 0 Å². The summed E-state index contributed by atoms with van der Waals surface area (Å²) < 4.78 is 1.22. The zero-order chi connectivity index (χ0) is 13.8. The van der Waals surface area contributed by atoms with Crippen molar-refractivity contribution in [3.63, 3.8) is 0 Å². The van der Waals surface area contributed by atoms with E-state index in [2.05, 4.69) is 72.8 Å². The lowest BCUT2D eigenvalue weighted by atomic mass is 9.94. The van der Waals surface area contributed by atoms with E-state index < -0.39 is 0 Å².